The molecule has 0 aromatic carbocycles. The van der Waals surface area contributed by atoms with Gasteiger partial charge in [-0.2, -0.15) is 0 Å². The summed E-state index contributed by atoms with van der Waals surface area (Å²) in [6, 6.07) is 0. The van der Waals surface area contributed by atoms with Gasteiger partial charge in [0.25, 0.3) is 0 Å². The molecule has 0 spiro atoms. The first-order chi connectivity index (χ1) is 6.79. The largest absolute Gasteiger partial charge is 0.435 e. The van der Waals surface area contributed by atoms with E-state index in [1.54, 1.807) is 13.8 Å². The predicted octanol–water partition coefficient (Wildman–Crippen LogP) is 2.17. The number of carbonyl (C=O) groups is 2. The number of hydrogen-bond acceptors (Lipinski definition) is 4. The van der Waals surface area contributed by atoms with E-state index < -0.39 is 17.4 Å². The van der Waals surface area contributed by atoms with E-state index in [-0.39, 0.29) is 12.2 Å². The van der Waals surface area contributed by atoms with Gasteiger partial charge in [-0.05, 0) is 13.8 Å². The summed E-state index contributed by atoms with van der Waals surface area (Å²) in [5, 5.41) is 0. The Hall–Kier alpha value is -1.58. The summed E-state index contributed by atoms with van der Waals surface area (Å²) in [6.45, 7) is 11.5. The zero-order chi connectivity index (χ0) is 12.1. The van der Waals surface area contributed by atoms with Gasteiger partial charge in [-0.1, -0.05) is 13.2 Å². The van der Waals surface area contributed by atoms with Crippen LogP contribution < -0.4 is 0 Å². The highest BCUT2D eigenvalue weighted by molar-refractivity contribution is 5.77. The number of rotatable bonds is 5. The lowest BCUT2D eigenvalue weighted by Gasteiger charge is -2.21. The van der Waals surface area contributed by atoms with Crippen molar-refractivity contribution in [1.82, 2.24) is 0 Å². The van der Waals surface area contributed by atoms with Gasteiger partial charge in [0.15, 0.2) is 0 Å². The van der Waals surface area contributed by atoms with Gasteiger partial charge in [0, 0.05) is 13.3 Å². The summed E-state index contributed by atoms with van der Waals surface area (Å²) in [4.78, 5) is 22.0. The van der Waals surface area contributed by atoms with Gasteiger partial charge in [-0.15, -0.1) is 0 Å². The van der Waals surface area contributed by atoms with Crippen LogP contribution in [0.2, 0.25) is 0 Å². The minimum absolute atomic E-state index is 0.221. The Morgan fingerprint density at radius 2 is 1.93 bits per heavy atom. The van der Waals surface area contributed by atoms with Crippen LogP contribution in [-0.2, 0) is 19.1 Å². The third kappa shape index (κ3) is 5.00. The molecular weight excluding hydrogens is 196 g/mol. The molecule has 0 saturated heterocycles. The number of allylic oxidation sites excluding steroid dienone is 1. The summed E-state index contributed by atoms with van der Waals surface area (Å²) < 4.78 is 9.40. The zero-order valence-corrected chi connectivity index (χ0v) is 9.33. The summed E-state index contributed by atoms with van der Waals surface area (Å²) in [7, 11) is 0. The smallest absolute Gasteiger partial charge is 0.316 e. The molecule has 0 heterocycles. The van der Waals surface area contributed by atoms with Crippen molar-refractivity contribution >= 4 is 11.9 Å². The van der Waals surface area contributed by atoms with Crippen molar-refractivity contribution in [3.63, 3.8) is 0 Å². The highest BCUT2D eigenvalue weighted by atomic mass is 16.5. The second kappa shape index (κ2) is 5.34. The molecule has 0 unspecified atom stereocenters. The number of ether oxygens (including phenoxy) is 2. The van der Waals surface area contributed by atoms with Crippen molar-refractivity contribution in [2.24, 2.45) is 5.41 Å². The maximum Gasteiger partial charge on any atom is 0.316 e. The highest BCUT2D eigenvalue weighted by Gasteiger charge is 2.30. The van der Waals surface area contributed by atoms with Crippen LogP contribution in [0.4, 0.5) is 0 Å². The molecule has 0 aromatic rings. The van der Waals surface area contributed by atoms with Gasteiger partial charge >= 0.3 is 11.9 Å². The van der Waals surface area contributed by atoms with Gasteiger partial charge in [-0.3, -0.25) is 9.59 Å². The minimum Gasteiger partial charge on any atom is -0.435 e. The summed E-state index contributed by atoms with van der Waals surface area (Å²) in [5.74, 6) is -0.646. The highest BCUT2D eigenvalue weighted by Crippen LogP contribution is 2.26. The maximum atomic E-state index is 11.4. The van der Waals surface area contributed by atoms with E-state index in [1.165, 1.54) is 6.92 Å². The molecule has 0 aliphatic rings. The van der Waals surface area contributed by atoms with Crippen molar-refractivity contribution in [2.45, 2.75) is 27.2 Å². The Morgan fingerprint density at radius 1 is 1.40 bits per heavy atom. The fourth-order valence-corrected chi connectivity index (χ4v) is 1.04. The van der Waals surface area contributed by atoms with Crippen LogP contribution in [0.5, 0.6) is 0 Å². The van der Waals surface area contributed by atoms with E-state index in [0.29, 0.717) is 0 Å². The first-order valence-electron chi connectivity index (χ1n) is 4.48. The van der Waals surface area contributed by atoms with Crippen LogP contribution >= 0.6 is 0 Å². The molecule has 0 bridgehead atoms. The molecule has 0 radical (unpaired) electrons. The number of hydrogen-bond donors (Lipinski definition) is 0. The quantitative estimate of drug-likeness (QED) is 0.517. The topological polar surface area (TPSA) is 52.6 Å². The normalized spacial score (nSPS) is 10.3. The first-order valence-corrected chi connectivity index (χ1v) is 4.48. The standard InChI is InChI=1S/C11H16O4/c1-6-14-10(13)11(4,5)7-8(2)15-9(3)12/h6H,1-2,7H2,3-5H3. The van der Waals surface area contributed by atoms with Crippen molar-refractivity contribution in [1.29, 1.82) is 0 Å². The second-order valence-corrected chi connectivity index (χ2v) is 3.76. The molecule has 0 atom stereocenters. The molecule has 84 valence electrons. The lowest BCUT2D eigenvalue weighted by Crippen LogP contribution is -2.26. The van der Waals surface area contributed by atoms with Crippen LogP contribution in [0.1, 0.15) is 27.2 Å². The lowest BCUT2D eigenvalue weighted by atomic mass is 9.89. The summed E-state index contributed by atoms with van der Waals surface area (Å²) >= 11 is 0. The van der Waals surface area contributed by atoms with Crippen molar-refractivity contribution in [3.8, 4) is 0 Å². The minimum atomic E-state index is -0.791. The van der Waals surface area contributed by atoms with E-state index in [0.717, 1.165) is 6.26 Å². The van der Waals surface area contributed by atoms with Gasteiger partial charge < -0.3 is 9.47 Å². The van der Waals surface area contributed by atoms with Gasteiger partial charge in [0.2, 0.25) is 0 Å². The molecule has 0 aromatic heterocycles. The zero-order valence-electron chi connectivity index (χ0n) is 9.33. The fourth-order valence-electron chi connectivity index (χ4n) is 1.04. The van der Waals surface area contributed by atoms with E-state index >= 15 is 0 Å². The lowest BCUT2D eigenvalue weighted by molar-refractivity contribution is -0.149. The van der Waals surface area contributed by atoms with Crippen LogP contribution in [0, 0.1) is 5.41 Å². The third-order valence-electron chi connectivity index (χ3n) is 1.67. The number of carbonyl (C=O) groups excluding carboxylic acids is 2. The first kappa shape index (κ1) is 13.4. The van der Waals surface area contributed by atoms with Crippen molar-refractivity contribution in [3.05, 3.63) is 25.2 Å². The Bertz CT molecular complexity index is 289. The van der Waals surface area contributed by atoms with Gasteiger partial charge in [-0.25, -0.2) is 0 Å². The molecule has 0 fully saturated rings. The molecule has 4 heteroatoms. The van der Waals surface area contributed by atoms with Crippen LogP contribution in [0.15, 0.2) is 25.2 Å². The molecule has 15 heavy (non-hydrogen) atoms. The van der Waals surface area contributed by atoms with Crippen LogP contribution in [-0.4, -0.2) is 11.9 Å². The summed E-state index contributed by atoms with van der Waals surface area (Å²) in [6.07, 6.45) is 1.29. The SMILES string of the molecule is C=COC(=O)C(C)(C)CC(=C)OC(C)=O. The van der Waals surface area contributed by atoms with E-state index in [4.69, 9.17) is 4.74 Å². The van der Waals surface area contributed by atoms with Gasteiger partial charge in [0.05, 0.1) is 11.7 Å². The van der Waals surface area contributed by atoms with E-state index in [9.17, 15) is 9.59 Å². The average Bonchev–Trinajstić information content (AvgIpc) is 2.01. The van der Waals surface area contributed by atoms with Crippen molar-refractivity contribution < 1.29 is 19.1 Å². The Balaban J connectivity index is 4.36. The molecule has 0 rings (SSSR count). The van der Waals surface area contributed by atoms with Crippen molar-refractivity contribution in [2.75, 3.05) is 0 Å². The monoisotopic (exact) mass is 212 g/mol. The predicted molar refractivity (Wildman–Crippen MR) is 55.6 cm³/mol. The van der Waals surface area contributed by atoms with E-state index in [2.05, 4.69) is 17.9 Å². The van der Waals surface area contributed by atoms with Crippen LogP contribution in [0.3, 0.4) is 0 Å². The van der Waals surface area contributed by atoms with Crippen LogP contribution in [0.25, 0.3) is 0 Å². The average molecular weight is 212 g/mol. The Kier molecular flexibility index (Phi) is 4.78. The van der Waals surface area contributed by atoms with Gasteiger partial charge in [0.1, 0.15) is 5.76 Å². The molecule has 0 saturated carbocycles. The third-order valence-corrected chi connectivity index (χ3v) is 1.67. The molecular formula is C11H16O4. The molecule has 4 nitrogen and oxygen atoms in total. The second-order valence-electron chi connectivity index (χ2n) is 3.76. The Morgan fingerprint density at radius 3 is 2.33 bits per heavy atom. The van der Waals surface area contributed by atoms with E-state index in [1.807, 2.05) is 0 Å². The molecule has 0 N–H and O–H groups in total. The maximum absolute atomic E-state index is 11.4. The summed E-state index contributed by atoms with van der Waals surface area (Å²) in [5.41, 5.74) is -0.791. The fraction of sp³-hybridized carbons (Fsp3) is 0.455. The molecule has 0 aliphatic carbocycles. The molecule has 0 aliphatic heterocycles. The Labute approximate surface area is 89.6 Å². The number of esters is 2. The molecule has 0 amide bonds.